The lowest BCUT2D eigenvalue weighted by atomic mass is 9.98. The van der Waals surface area contributed by atoms with Crippen molar-refractivity contribution in [3.63, 3.8) is 0 Å². The molecule has 0 aromatic heterocycles. The van der Waals surface area contributed by atoms with E-state index in [4.69, 9.17) is 10.3 Å². The summed E-state index contributed by atoms with van der Waals surface area (Å²) in [4.78, 5) is 13.7. The first-order valence-electron chi connectivity index (χ1n) is 3.96. The summed E-state index contributed by atoms with van der Waals surface area (Å²) in [5.41, 5.74) is 7.99. The Hall–Kier alpha value is -1.06. The second-order valence-electron chi connectivity index (χ2n) is 2.77. The molecule has 5 heteroatoms. The van der Waals surface area contributed by atoms with Crippen LogP contribution in [0, 0.1) is 5.92 Å². The second-order valence-corrected chi connectivity index (χ2v) is 2.77. The molecule has 1 rings (SSSR count). The Labute approximate surface area is 70.3 Å². The molecule has 0 aliphatic carbocycles. The monoisotopic (exact) mass is 169 g/mol. The van der Waals surface area contributed by atoms with Gasteiger partial charge >= 0.3 is 0 Å². The molecule has 66 valence electrons. The molecule has 1 aliphatic heterocycles. The second kappa shape index (κ2) is 4.74. The third kappa shape index (κ3) is 2.53. The van der Waals surface area contributed by atoms with E-state index in [1.54, 1.807) is 0 Å². The van der Waals surface area contributed by atoms with Crippen molar-refractivity contribution in [2.24, 2.45) is 11.0 Å². The number of carbonyl (C=O) groups excluding carboxylic acids is 1. The Kier molecular flexibility index (Phi) is 3.57. The fraction of sp³-hybridized carbons (Fsp3) is 0.857. The molecule has 0 spiro atoms. The molecule has 1 aliphatic rings. The lowest BCUT2D eigenvalue weighted by molar-refractivity contribution is -0.125. The minimum absolute atomic E-state index is 0.00694. The van der Waals surface area contributed by atoms with E-state index in [-0.39, 0.29) is 18.2 Å². The third-order valence-corrected chi connectivity index (χ3v) is 1.91. The highest BCUT2D eigenvalue weighted by Gasteiger charge is 2.20. The average Bonchev–Trinajstić information content (AvgIpc) is 2.15. The van der Waals surface area contributed by atoms with Crippen LogP contribution >= 0.6 is 0 Å². The van der Waals surface area contributed by atoms with Crippen molar-refractivity contribution >= 4 is 5.78 Å². The number of hydrogen-bond donors (Lipinski definition) is 0. The third-order valence-electron chi connectivity index (χ3n) is 1.91. The quantitative estimate of drug-likeness (QED) is 0.362. The molecule has 0 saturated carbocycles. The molecular formula is C7H11N3O2. The number of rotatable bonds is 3. The minimum atomic E-state index is -0.0516. The first kappa shape index (κ1) is 9.03. The van der Waals surface area contributed by atoms with Gasteiger partial charge in [-0.15, -0.1) is 0 Å². The van der Waals surface area contributed by atoms with E-state index >= 15 is 0 Å². The van der Waals surface area contributed by atoms with Crippen molar-refractivity contribution in [2.45, 2.75) is 12.8 Å². The molecule has 5 nitrogen and oxygen atoms in total. The Balaban J connectivity index is 2.34. The van der Waals surface area contributed by atoms with Gasteiger partial charge in [-0.2, -0.15) is 0 Å². The van der Waals surface area contributed by atoms with Gasteiger partial charge in [-0.25, -0.2) is 0 Å². The van der Waals surface area contributed by atoms with Gasteiger partial charge in [0.2, 0.25) is 0 Å². The summed E-state index contributed by atoms with van der Waals surface area (Å²) in [5, 5.41) is 3.22. The zero-order valence-electron chi connectivity index (χ0n) is 6.77. The van der Waals surface area contributed by atoms with Gasteiger partial charge in [0, 0.05) is 17.4 Å². The highest BCUT2D eigenvalue weighted by molar-refractivity contribution is 5.83. The first-order valence-corrected chi connectivity index (χ1v) is 3.96. The molecule has 0 radical (unpaired) electrons. The highest BCUT2D eigenvalue weighted by atomic mass is 16.5. The van der Waals surface area contributed by atoms with Crippen LogP contribution in [0.3, 0.4) is 0 Å². The van der Waals surface area contributed by atoms with Crippen LogP contribution in [0.1, 0.15) is 12.8 Å². The van der Waals surface area contributed by atoms with Crippen LogP contribution in [0.5, 0.6) is 0 Å². The van der Waals surface area contributed by atoms with Crippen LogP contribution in [0.25, 0.3) is 10.4 Å². The molecule has 0 bridgehead atoms. The Morgan fingerprint density at radius 1 is 1.75 bits per heavy atom. The van der Waals surface area contributed by atoms with E-state index in [0.717, 1.165) is 19.4 Å². The fourth-order valence-electron chi connectivity index (χ4n) is 1.23. The Morgan fingerprint density at radius 2 is 2.58 bits per heavy atom. The van der Waals surface area contributed by atoms with Crippen LogP contribution in [-0.4, -0.2) is 25.5 Å². The van der Waals surface area contributed by atoms with Crippen molar-refractivity contribution in [1.29, 1.82) is 0 Å². The van der Waals surface area contributed by atoms with Gasteiger partial charge < -0.3 is 4.74 Å². The van der Waals surface area contributed by atoms with Gasteiger partial charge in [-0.3, -0.25) is 4.79 Å². The molecule has 1 saturated heterocycles. The predicted octanol–water partition coefficient (Wildman–Crippen LogP) is 1.29. The Morgan fingerprint density at radius 3 is 3.17 bits per heavy atom. The van der Waals surface area contributed by atoms with Gasteiger partial charge in [0.25, 0.3) is 0 Å². The molecule has 0 aromatic carbocycles. The summed E-state index contributed by atoms with van der Waals surface area (Å²) in [5.74, 6) is -0.0586. The van der Waals surface area contributed by atoms with Crippen molar-refractivity contribution < 1.29 is 9.53 Å². The summed E-state index contributed by atoms with van der Waals surface area (Å²) >= 11 is 0. The van der Waals surface area contributed by atoms with Crippen molar-refractivity contribution in [2.75, 3.05) is 19.8 Å². The number of nitrogens with zero attached hydrogens (tertiary/aromatic N) is 3. The Bertz CT molecular complexity index is 205. The van der Waals surface area contributed by atoms with Gasteiger partial charge in [0.1, 0.15) is 5.78 Å². The highest BCUT2D eigenvalue weighted by Crippen LogP contribution is 2.14. The molecule has 0 unspecified atom stereocenters. The van der Waals surface area contributed by atoms with Crippen molar-refractivity contribution in [1.82, 2.24) is 0 Å². The van der Waals surface area contributed by atoms with Gasteiger partial charge in [-0.1, -0.05) is 5.11 Å². The molecule has 0 N–H and O–H groups in total. The minimum Gasteiger partial charge on any atom is -0.381 e. The molecule has 0 amide bonds. The summed E-state index contributed by atoms with van der Waals surface area (Å²) in [6, 6.07) is 0. The van der Waals surface area contributed by atoms with E-state index < -0.39 is 0 Å². The zero-order valence-corrected chi connectivity index (χ0v) is 6.77. The van der Waals surface area contributed by atoms with Crippen LogP contribution in [-0.2, 0) is 9.53 Å². The summed E-state index contributed by atoms with van der Waals surface area (Å²) in [6.45, 7) is 1.19. The average molecular weight is 169 g/mol. The van der Waals surface area contributed by atoms with Crippen LogP contribution < -0.4 is 0 Å². The van der Waals surface area contributed by atoms with Crippen LogP contribution in [0.15, 0.2) is 5.11 Å². The predicted molar refractivity (Wildman–Crippen MR) is 42.6 cm³/mol. The summed E-state index contributed by atoms with van der Waals surface area (Å²) in [6.07, 6.45) is 1.78. The van der Waals surface area contributed by atoms with Crippen LogP contribution in [0.4, 0.5) is 0 Å². The van der Waals surface area contributed by atoms with E-state index in [2.05, 4.69) is 10.0 Å². The maximum atomic E-state index is 11.2. The van der Waals surface area contributed by atoms with Gasteiger partial charge in [-0.05, 0) is 18.4 Å². The number of Topliss-reactive ketones (excluding diaryl/α,β-unsaturated/α-hetero) is 1. The zero-order chi connectivity index (χ0) is 8.81. The van der Waals surface area contributed by atoms with Crippen molar-refractivity contribution in [3.05, 3.63) is 10.4 Å². The smallest absolute Gasteiger partial charge is 0.144 e. The van der Waals surface area contributed by atoms with Crippen LogP contribution in [0.2, 0.25) is 0 Å². The summed E-state index contributed by atoms with van der Waals surface area (Å²) in [7, 11) is 0. The molecule has 12 heavy (non-hydrogen) atoms. The van der Waals surface area contributed by atoms with Gasteiger partial charge in [0.05, 0.1) is 13.2 Å². The summed E-state index contributed by atoms with van der Waals surface area (Å²) < 4.78 is 5.13. The lowest BCUT2D eigenvalue weighted by Crippen LogP contribution is -2.26. The SMILES string of the molecule is [N-]=[N+]=NCC(=O)[C@H]1CCCOC1. The van der Waals surface area contributed by atoms with E-state index in [0.29, 0.717) is 6.61 Å². The molecular weight excluding hydrogens is 158 g/mol. The number of hydrogen-bond acceptors (Lipinski definition) is 3. The number of carbonyl (C=O) groups is 1. The molecule has 0 aromatic rings. The molecule has 1 atom stereocenters. The molecule has 1 fully saturated rings. The largest absolute Gasteiger partial charge is 0.381 e. The topological polar surface area (TPSA) is 75.1 Å². The van der Waals surface area contributed by atoms with E-state index in [9.17, 15) is 4.79 Å². The molecule has 1 heterocycles. The number of ether oxygens (including phenoxy) is 1. The van der Waals surface area contributed by atoms with Crippen molar-refractivity contribution in [3.8, 4) is 0 Å². The standard InChI is InChI=1S/C7H11N3O2/c8-10-9-4-7(11)6-2-1-3-12-5-6/h6H,1-5H2/t6-/m0/s1. The van der Waals surface area contributed by atoms with E-state index in [1.807, 2.05) is 0 Å². The van der Waals surface area contributed by atoms with E-state index in [1.165, 1.54) is 0 Å². The van der Waals surface area contributed by atoms with Gasteiger partial charge in [0.15, 0.2) is 0 Å². The number of ketones is 1. The normalized spacial score (nSPS) is 22.8. The first-order chi connectivity index (χ1) is 5.84. The lowest BCUT2D eigenvalue weighted by Gasteiger charge is -2.19. The fourth-order valence-corrected chi connectivity index (χ4v) is 1.23. The maximum Gasteiger partial charge on any atom is 0.144 e. The maximum absolute atomic E-state index is 11.2. The number of azide groups is 1.